The van der Waals surface area contributed by atoms with Gasteiger partial charge in [0, 0.05) is 44.2 Å². The number of piperidine rings is 1. The highest BCUT2D eigenvalue weighted by Crippen LogP contribution is 2.16. The highest BCUT2D eigenvalue weighted by Gasteiger charge is 2.29. The van der Waals surface area contributed by atoms with E-state index < -0.39 is 6.10 Å². The summed E-state index contributed by atoms with van der Waals surface area (Å²) < 4.78 is 1.85. The second-order valence-corrected chi connectivity index (χ2v) is 7.74. The summed E-state index contributed by atoms with van der Waals surface area (Å²) in [4.78, 5) is 18.8. The van der Waals surface area contributed by atoms with Gasteiger partial charge >= 0.3 is 0 Å². The van der Waals surface area contributed by atoms with Crippen molar-refractivity contribution in [3.05, 3.63) is 33.5 Å². The average molecular weight is 378 g/mol. The van der Waals surface area contributed by atoms with Crippen molar-refractivity contribution in [3.63, 3.8) is 0 Å². The first-order chi connectivity index (χ1) is 12.4. The van der Waals surface area contributed by atoms with Gasteiger partial charge in [0.15, 0.2) is 0 Å². The number of amides is 1. The smallest absolute Gasteiger partial charge is 0.220 e. The molecular formula is C18H27N5O2S. The molecule has 0 aromatic carbocycles. The molecule has 0 aliphatic carbocycles. The number of aryl methyl sites for hydroxylation is 2. The van der Waals surface area contributed by atoms with Crippen LogP contribution in [0.2, 0.25) is 0 Å². The number of likely N-dealkylation sites (tertiary alicyclic amines) is 1. The number of β-amino-alcohol motifs (C(OH)–C–C–N with tert-alkyl or cyclic N) is 1. The molecule has 1 aliphatic heterocycles. The Morgan fingerprint density at radius 1 is 1.46 bits per heavy atom. The molecule has 0 bridgehead atoms. The van der Waals surface area contributed by atoms with Crippen LogP contribution in [0.15, 0.2) is 10.9 Å². The van der Waals surface area contributed by atoms with E-state index in [4.69, 9.17) is 0 Å². The minimum atomic E-state index is -0.548. The third-order valence-electron chi connectivity index (χ3n) is 5.14. The zero-order valence-corrected chi connectivity index (χ0v) is 16.4. The number of carbonyl (C=O) groups is 1. The van der Waals surface area contributed by atoms with Crippen LogP contribution in [0.3, 0.4) is 0 Å². The summed E-state index contributed by atoms with van der Waals surface area (Å²) in [5.41, 5.74) is 6.08. The second kappa shape index (κ2) is 8.28. The van der Waals surface area contributed by atoms with Gasteiger partial charge in [-0.25, -0.2) is 4.98 Å². The molecule has 0 saturated carbocycles. The molecule has 0 radical (unpaired) electrons. The van der Waals surface area contributed by atoms with Crippen molar-refractivity contribution in [3.8, 4) is 0 Å². The van der Waals surface area contributed by atoms with Crippen LogP contribution >= 0.6 is 11.3 Å². The van der Waals surface area contributed by atoms with Gasteiger partial charge in [-0.05, 0) is 32.3 Å². The van der Waals surface area contributed by atoms with Crippen LogP contribution in [0.25, 0.3) is 0 Å². The molecule has 142 valence electrons. The fourth-order valence-electron chi connectivity index (χ4n) is 3.55. The molecule has 0 spiro atoms. The van der Waals surface area contributed by atoms with Crippen LogP contribution in [-0.2, 0) is 24.8 Å². The molecule has 1 fully saturated rings. The number of aromatic nitrogens is 3. The molecule has 7 nitrogen and oxygen atoms in total. The van der Waals surface area contributed by atoms with Crippen LogP contribution in [0.4, 0.5) is 0 Å². The fraction of sp³-hybridized carbons (Fsp3) is 0.611. The summed E-state index contributed by atoms with van der Waals surface area (Å²) in [5.74, 6) is -0.00958. The Bertz CT molecular complexity index is 743. The lowest BCUT2D eigenvalue weighted by Gasteiger charge is -2.36. The van der Waals surface area contributed by atoms with Gasteiger partial charge in [-0.3, -0.25) is 14.4 Å². The Kier molecular flexibility index (Phi) is 6.05. The lowest BCUT2D eigenvalue weighted by molar-refractivity contribution is -0.123. The summed E-state index contributed by atoms with van der Waals surface area (Å²) in [7, 11) is 1.92. The highest BCUT2D eigenvalue weighted by atomic mass is 32.1. The molecule has 3 heterocycles. The number of thiazole rings is 1. The van der Waals surface area contributed by atoms with E-state index in [0.29, 0.717) is 19.4 Å². The van der Waals surface area contributed by atoms with E-state index in [2.05, 4.69) is 20.3 Å². The van der Waals surface area contributed by atoms with Gasteiger partial charge in [0.2, 0.25) is 5.91 Å². The monoisotopic (exact) mass is 377 g/mol. The first kappa shape index (κ1) is 19.0. The molecule has 2 aromatic heterocycles. The summed E-state index contributed by atoms with van der Waals surface area (Å²) in [6, 6.07) is -0.176. The summed E-state index contributed by atoms with van der Waals surface area (Å²) in [5, 5.41) is 19.8. The second-order valence-electron chi connectivity index (χ2n) is 7.02. The zero-order valence-electron chi connectivity index (χ0n) is 15.6. The van der Waals surface area contributed by atoms with Crippen molar-refractivity contribution in [2.24, 2.45) is 7.05 Å². The predicted molar refractivity (Wildman–Crippen MR) is 101 cm³/mol. The van der Waals surface area contributed by atoms with E-state index in [-0.39, 0.29) is 11.9 Å². The lowest BCUT2D eigenvalue weighted by atomic mass is 10.0. The molecule has 1 amide bonds. The van der Waals surface area contributed by atoms with Crippen molar-refractivity contribution in [2.45, 2.75) is 51.8 Å². The summed E-state index contributed by atoms with van der Waals surface area (Å²) in [6.07, 6.45) is 1.30. The van der Waals surface area contributed by atoms with Gasteiger partial charge in [0.1, 0.15) is 0 Å². The first-order valence-electron chi connectivity index (χ1n) is 9.00. The van der Waals surface area contributed by atoms with Gasteiger partial charge in [0.25, 0.3) is 0 Å². The Labute approximate surface area is 158 Å². The van der Waals surface area contributed by atoms with Crippen LogP contribution in [0.5, 0.6) is 0 Å². The van der Waals surface area contributed by atoms with Gasteiger partial charge < -0.3 is 10.4 Å². The molecule has 1 aliphatic rings. The van der Waals surface area contributed by atoms with Crippen LogP contribution in [0, 0.1) is 13.8 Å². The zero-order chi connectivity index (χ0) is 18.7. The van der Waals surface area contributed by atoms with Gasteiger partial charge in [0.05, 0.1) is 29.0 Å². The molecule has 2 aromatic rings. The fourth-order valence-corrected chi connectivity index (χ4v) is 4.10. The molecule has 2 atom stereocenters. The minimum absolute atomic E-state index is 0.00958. The van der Waals surface area contributed by atoms with E-state index in [9.17, 15) is 9.90 Å². The third-order valence-corrected chi connectivity index (χ3v) is 5.78. The maximum atomic E-state index is 12.3. The van der Waals surface area contributed by atoms with Crippen LogP contribution in [0.1, 0.15) is 35.5 Å². The topological polar surface area (TPSA) is 83.3 Å². The van der Waals surface area contributed by atoms with Crippen molar-refractivity contribution in [1.82, 2.24) is 25.0 Å². The van der Waals surface area contributed by atoms with Gasteiger partial charge in [-0.1, -0.05) is 0 Å². The number of rotatable bonds is 6. The Balaban J connectivity index is 1.46. The molecule has 3 rings (SSSR count). The number of carbonyl (C=O) groups excluding carboxylic acids is 1. The normalized spacial score (nSPS) is 21.1. The van der Waals surface area contributed by atoms with Crippen LogP contribution < -0.4 is 5.32 Å². The lowest BCUT2D eigenvalue weighted by Crippen LogP contribution is -2.53. The van der Waals surface area contributed by atoms with Crippen molar-refractivity contribution < 1.29 is 9.90 Å². The summed E-state index contributed by atoms with van der Waals surface area (Å²) in [6.45, 7) is 6.15. The highest BCUT2D eigenvalue weighted by molar-refractivity contribution is 7.07. The van der Waals surface area contributed by atoms with Crippen molar-refractivity contribution in [2.75, 3.05) is 13.1 Å². The maximum Gasteiger partial charge on any atom is 0.220 e. The summed E-state index contributed by atoms with van der Waals surface area (Å²) >= 11 is 1.58. The largest absolute Gasteiger partial charge is 0.390 e. The Morgan fingerprint density at radius 2 is 2.27 bits per heavy atom. The van der Waals surface area contributed by atoms with Gasteiger partial charge in [-0.2, -0.15) is 5.10 Å². The molecule has 1 saturated heterocycles. The number of nitrogens with zero attached hydrogens (tertiary/aromatic N) is 4. The van der Waals surface area contributed by atoms with E-state index in [1.54, 1.807) is 11.3 Å². The van der Waals surface area contributed by atoms with Crippen molar-refractivity contribution in [1.29, 1.82) is 0 Å². The average Bonchev–Trinajstić information content (AvgIpc) is 3.18. The number of aliphatic hydroxyl groups is 1. The number of hydrogen-bond donors (Lipinski definition) is 2. The number of aliphatic hydroxyl groups excluding tert-OH is 1. The van der Waals surface area contributed by atoms with E-state index in [1.807, 2.05) is 36.5 Å². The van der Waals surface area contributed by atoms with E-state index in [1.165, 1.54) is 0 Å². The molecule has 26 heavy (non-hydrogen) atoms. The molecule has 0 unspecified atom stereocenters. The molecule has 8 heteroatoms. The quantitative estimate of drug-likeness (QED) is 0.790. The molecular weight excluding hydrogens is 350 g/mol. The minimum Gasteiger partial charge on any atom is -0.390 e. The Morgan fingerprint density at radius 3 is 2.88 bits per heavy atom. The van der Waals surface area contributed by atoms with E-state index >= 15 is 0 Å². The number of nitrogens with one attached hydrogen (secondary N) is 1. The first-order valence-corrected chi connectivity index (χ1v) is 9.94. The van der Waals surface area contributed by atoms with E-state index in [0.717, 1.165) is 42.2 Å². The third kappa shape index (κ3) is 4.49. The maximum absolute atomic E-state index is 12.3. The standard InChI is InChI=1S/C18H27N5O2S/c1-12-15(13(2)22(3)21-12)4-5-18(25)20-16-6-7-23(9-17(16)24)8-14-10-26-11-19-14/h10-11,16-17,24H,4-9H2,1-3H3,(H,20,25)/t16-,17-/m1/s1. The van der Waals surface area contributed by atoms with Crippen molar-refractivity contribution >= 4 is 17.2 Å². The Hall–Kier alpha value is -1.77. The molecule has 2 N–H and O–H groups in total. The van der Waals surface area contributed by atoms with Crippen LogP contribution in [-0.4, -0.2) is 55.9 Å². The predicted octanol–water partition coefficient (Wildman–Crippen LogP) is 1.18. The SMILES string of the molecule is Cc1nn(C)c(C)c1CCC(=O)N[C@@H]1CCN(Cc2cscn2)C[C@H]1O. The van der Waals surface area contributed by atoms with Gasteiger partial charge in [-0.15, -0.1) is 11.3 Å². The number of hydrogen-bond acceptors (Lipinski definition) is 6.